The summed E-state index contributed by atoms with van der Waals surface area (Å²) in [6.07, 6.45) is 0.192. The lowest BCUT2D eigenvalue weighted by Crippen LogP contribution is -2.45. The second-order valence-electron chi connectivity index (χ2n) is 4.71. The van der Waals surface area contributed by atoms with Crippen LogP contribution in [0.25, 0.3) is 0 Å². The molecule has 0 radical (unpaired) electrons. The van der Waals surface area contributed by atoms with Gasteiger partial charge in [0, 0.05) is 38.3 Å². The van der Waals surface area contributed by atoms with Crippen LogP contribution < -0.4 is 5.32 Å². The van der Waals surface area contributed by atoms with Crippen molar-refractivity contribution in [1.82, 2.24) is 10.2 Å². The lowest BCUT2D eigenvalue weighted by atomic mass is 10.1. The number of likely N-dealkylation sites (N-methyl/N-ethyl adjacent to an activating group) is 1. The largest absolute Gasteiger partial charge is 0.374 e. The Labute approximate surface area is 112 Å². The number of rotatable bonds is 5. The maximum atomic E-state index is 10.7. The first kappa shape index (κ1) is 13.9. The fourth-order valence-electron chi connectivity index (χ4n) is 2.30. The summed E-state index contributed by atoms with van der Waals surface area (Å²) < 4.78 is 5.64. The average Bonchev–Trinajstić information content (AvgIpc) is 2.40. The van der Waals surface area contributed by atoms with Gasteiger partial charge in [0.2, 0.25) is 0 Å². The second-order valence-corrected chi connectivity index (χ2v) is 4.71. The number of nitro groups is 1. The first-order valence-corrected chi connectivity index (χ1v) is 6.41. The van der Waals surface area contributed by atoms with Crippen LogP contribution >= 0.6 is 0 Å². The average molecular weight is 265 g/mol. The van der Waals surface area contributed by atoms with Crippen molar-refractivity contribution in [3.8, 4) is 0 Å². The molecule has 19 heavy (non-hydrogen) atoms. The molecule has 104 valence electrons. The number of hydrogen-bond donors (Lipinski definition) is 1. The Balaban J connectivity index is 1.96. The first-order chi connectivity index (χ1) is 9.19. The van der Waals surface area contributed by atoms with Crippen molar-refractivity contribution in [2.24, 2.45) is 0 Å². The van der Waals surface area contributed by atoms with Crippen molar-refractivity contribution >= 4 is 5.69 Å². The second kappa shape index (κ2) is 6.60. The molecule has 6 nitrogen and oxygen atoms in total. The van der Waals surface area contributed by atoms with E-state index >= 15 is 0 Å². The summed E-state index contributed by atoms with van der Waals surface area (Å²) in [4.78, 5) is 12.7. The van der Waals surface area contributed by atoms with Crippen LogP contribution in [0, 0.1) is 10.1 Å². The molecule has 1 N–H and O–H groups in total. The fraction of sp³-hybridized carbons (Fsp3) is 0.538. The van der Waals surface area contributed by atoms with Gasteiger partial charge in [-0.3, -0.25) is 15.0 Å². The fourth-order valence-corrected chi connectivity index (χ4v) is 2.30. The molecule has 0 spiro atoms. The number of nitrogens with one attached hydrogen (secondary N) is 1. The van der Waals surface area contributed by atoms with E-state index in [0.717, 1.165) is 31.7 Å². The zero-order valence-corrected chi connectivity index (χ0v) is 11.0. The number of benzene rings is 1. The van der Waals surface area contributed by atoms with Crippen LogP contribution in [0.1, 0.15) is 5.56 Å². The van der Waals surface area contributed by atoms with Crippen LogP contribution in [-0.4, -0.2) is 49.2 Å². The van der Waals surface area contributed by atoms with Crippen molar-refractivity contribution < 1.29 is 9.66 Å². The topological polar surface area (TPSA) is 67.6 Å². The summed E-state index contributed by atoms with van der Waals surface area (Å²) >= 11 is 0. The highest BCUT2D eigenvalue weighted by molar-refractivity contribution is 5.34. The molecule has 1 saturated heterocycles. The molecule has 6 heteroatoms. The van der Waals surface area contributed by atoms with Gasteiger partial charge in [-0.2, -0.15) is 0 Å². The van der Waals surface area contributed by atoms with E-state index in [2.05, 4.69) is 10.2 Å². The zero-order chi connectivity index (χ0) is 13.7. The molecule has 1 unspecified atom stereocenters. The van der Waals surface area contributed by atoms with Gasteiger partial charge < -0.3 is 10.1 Å². The predicted octanol–water partition coefficient (Wildman–Crippen LogP) is 1.01. The minimum Gasteiger partial charge on any atom is -0.374 e. The van der Waals surface area contributed by atoms with Gasteiger partial charge in [0.15, 0.2) is 0 Å². The summed E-state index contributed by atoms with van der Waals surface area (Å²) in [5.74, 6) is 0. The number of nitrogens with zero attached hydrogens (tertiary/aromatic N) is 2. The minimum atomic E-state index is -0.355. The van der Waals surface area contributed by atoms with E-state index in [1.165, 1.54) is 6.07 Å². The molecule has 1 fully saturated rings. The van der Waals surface area contributed by atoms with Gasteiger partial charge in [-0.25, -0.2) is 0 Å². The maximum absolute atomic E-state index is 10.7. The Morgan fingerprint density at radius 1 is 1.58 bits per heavy atom. The third-order valence-corrected chi connectivity index (χ3v) is 3.18. The number of non-ortho nitro benzene ring substituents is 1. The van der Waals surface area contributed by atoms with Crippen molar-refractivity contribution in [3.63, 3.8) is 0 Å². The lowest BCUT2D eigenvalue weighted by Gasteiger charge is -2.32. The van der Waals surface area contributed by atoms with Crippen molar-refractivity contribution in [2.45, 2.75) is 12.6 Å². The molecule has 1 aliphatic heterocycles. The Hall–Kier alpha value is -1.50. The summed E-state index contributed by atoms with van der Waals surface area (Å²) in [6.45, 7) is 3.98. The van der Waals surface area contributed by atoms with Gasteiger partial charge in [0.1, 0.15) is 0 Å². The van der Waals surface area contributed by atoms with Crippen LogP contribution in [0.4, 0.5) is 5.69 Å². The highest BCUT2D eigenvalue weighted by Gasteiger charge is 2.20. The number of ether oxygens (including phenoxy) is 1. The highest BCUT2D eigenvalue weighted by atomic mass is 16.6. The molecule has 2 rings (SSSR count). The standard InChI is InChI=1S/C13H19N3O3/c1-14-8-13-10-15(5-6-19-13)9-11-3-2-4-12(7-11)16(17)18/h2-4,7,13-14H,5-6,8-10H2,1H3. The normalized spacial score (nSPS) is 20.4. The van der Waals surface area contributed by atoms with Gasteiger partial charge in [-0.05, 0) is 12.6 Å². The molecular weight excluding hydrogens is 246 g/mol. The number of morpholine rings is 1. The predicted molar refractivity (Wildman–Crippen MR) is 72.0 cm³/mol. The molecule has 0 aromatic heterocycles. The molecule has 0 amide bonds. The van der Waals surface area contributed by atoms with E-state index in [4.69, 9.17) is 4.74 Å². The maximum Gasteiger partial charge on any atom is 0.269 e. The quantitative estimate of drug-likeness (QED) is 0.636. The molecule has 0 saturated carbocycles. The number of nitro benzene ring substituents is 1. The van der Waals surface area contributed by atoms with Crippen LogP contribution in [0.5, 0.6) is 0 Å². The summed E-state index contributed by atoms with van der Waals surface area (Å²) in [5, 5.41) is 13.9. The third kappa shape index (κ3) is 3.99. The van der Waals surface area contributed by atoms with Crippen LogP contribution in [0.3, 0.4) is 0 Å². The molecule has 1 aromatic rings. The SMILES string of the molecule is CNCC1CN(Cc2cccc([N+](=O)[O-])c2)CCO1. The van der Waals surface area contributed by atoms with Crippen molar-refractivity contribution in [3.05, 3.63) is 39.9 Å². The molecular formula is C13H19N3O3. The molecule has 0 aliphatic carbocycles. The zero-order valence-electron chi connectivity index (χ0n) is 11.0. The van der Waals surface area contributed by atoms with E-state index in [-0.39, 0.29) is 16.7 Å². The summed E-state index contributed by atoms with van der Waals surface area (Å²) in [6, 6.07) is 6.82. The smallest absolute Gasteiger partial charge is 0.269 e. The molecule has 1 aliphatic rings. The Bertz CT molecular complexity index is 437. The Morgan fingerprint density at radius 2 is 2.42 bits per heavy atom. The molecule has 1 aromatic carbocycles. The monoisotopic (exact) mass is 265 g/mol. The van der Waals surface area contributed by atoms with E-state index in [0.29, 0.717) is 6.61 Å². The molecule has 1 heterocycles. The highest BCUT2D eigenvalue weighted by Crippen LogP contribution is 2.16. The Kier molecular flexibility index (Phi) is 4.84. The van der Waals surface area contributed by atoms with Gasteiger partial charge >= 0.3 is 0 Å². The van der Waals surface area contributed by atoms with Crippen LogP contribution in [0.15, 0.2) is 24.3 Å². The van der Waals surface area contributed by atoms with Gasteiger partial charge in [-0.15, -0.1) is 0 Å². The van der Waals surface area contributed by atoms with Crippen LogP contribution in [-0.2, 0) is 11.3 Å². The van der Waals surface area contributed by atoms with E-state index in [1.807, 2.05) is 13.1 Å². The molecule has 1 atom stereocenters. The van der Waals surface area contributed by atoms with Gasteiger partial charge in [0.05, 0.1) is 17.6 Å². The lowest BCUT2D eigenvalue weighted by molar-refractivity contribution is -0.384. The van der Waals surface area contributed by atoms with Crippen molar-refractivity contribution in [1.29, 1.82) is 0 Å². The van der Waals surface area contributed by atoms with E-state index in [1.54, 1.807) is 12.1 Å². The van der Waals surface area contributed by atoms with E-state index in [9.17, 15) is 10.1 Å². The Morgan fingerprint density at radius 3 is 3.16 bits per heavy atom. The minimum absolute atomic E-state index is 0.150. The summed E-state index contributed by atoms with van der Waals surface area (Å²) in [5.41, 5.74) is 1.12. The van der Waals surface area contributed by atoms with Gasteiger partial charge in [0.25, 0.3) is 5.69 Å². The van der Waals surface area contributed by atoms with Crippen molar-refractivity contribution in [2.75, 3.05) is 33.3 Å². The number of hydrogen-bond acceptors (Lipinski definition) is 5. The first-order valence-electron chi connectivity index (χ1n) is 6.41. The van der Waals surface area contributed by atoms with Crippen LogP contribution in [0.2, 0.25) is 0 Å². The summed E-state index contributed by atoms with van der Waals surface area (Å²) in [7, 11) is 1.91. The molecule has 0 bridgehead atoms. The van der Waals surface area contributed by atoms with E-state index < -0.39 is 0 Å². The van der Waals surface area contributed by atoms with Gasteiger partial charge in [-0.1, -0.05) is 12.1 Å². The third-order valence-electron chi connectivity index (χ3n) is 3.18.